The van der Waals surface area contributed by atoms with E-state index in [2.05, 4.69) is 22.4 Å². The van der Waals surface area contributed by atoms with Gasteiger partial charge in [0.25, 0.3) is 5.69 Å². The third kappa shape index (κ3) is 4.65. The lowest BCUT2D eigenvalue weighted by Crippen LogP contribution is -2.25. The largest absolute Gasteiger partial charge is 0.311 e. The fourth-order valence-electron chi connectivity index (χ4n) is 3.71. The second-order valence-corrected chi connectivity index (χ2v) is 8.49. The average Bonchev–Trinajstić information content (AvgIpc) is 3.40. The molecule has 2 aromatic carbocycles. The third-order valence-corrected chi connectivity index (χ3v) is 6.34. The van der Waals surface area contributed by atoms with Gasteiger partial charge in [0.2, 0.25) is 16.9 Å². The smallest absolute Gasteiger partial charge is 0.269 e. The van der Waals surface area contributed by atoms with E-state index in [4.69, 9.17) is 0 Å². The average molecular weight is 452 g/mol. The summed E-state index contributed by atoms with van der Waals surface area (Å²) >= 11 is 1.26. The maximum absolute atomic E-state index is 12.7. The fraction of sp³-hybridized carbons (Fsp3) is 0.273. The first-order valence-corrected chi connectivity index (χ1v) is 11.0. The quantitative estimate of drug-likeness (QED) is 0.432. The molecule has 1 unspecified atom stereocenters. The summed E-state index contributed by atoms with van der Waals surface area (Å²) in [5.41, 5.74) is 2.69. The van der Waals surface area contributed by atoms with E-state index in [1.165, 1.54) is 23.5 Å². The molecule has 32 heavy (non-hydrogen) atoms. The SMILES string of the molecule is CCc1ccccc1N1CC(c2nnc(NC(=O)Cc3ccc([N+](=O)[O-])cc3)s2)CC1=O. The predicted molar refractivity (Wildman–Crippen MR) is 121 cm³/mol. The van der Waals surface area contributed by atoms with Crippen molar-refractivity contribution in [2.75, 3.05) is 16.8 Å². The van der Waals surface area contributed by atoms with E-state index in [1.54, 1.807) is 17.0 Å². The number of nitro groups is 1. The van der Waals surface area contributed by atoms with Crippen LogP contribution in [0.15, 0.2) is 48.5 Å². The minimum Gasteiger partial charge on any atom is -0.311 e. The first-order valence-electron chi connectivity index (χ1n) is 10.2. The molecule has 0 aliphatic carbocycles. The highest BCUT2D eigenvalue weighted by Gasteiger charge is 2.34. The number of nitrogens with zero attached hydrogens (tertiary/aromatic N) is 4. The van der Waals surface area contributed by atoms with Crippen LogP contribution < -0.4 is 10.2 Å². The maximum atomic E-state index is 12.7. The Labute approximate surface area is 188 Å². The molecule has 1 fully saturated rings. The summed E-state index contributed by atoms with van der Waals surface area (Å²) < 4.78 is 0. The molecule has 2 amide bonds. The lowest BCUT2D eigenvalue weighted by Gasteiger charge is -2.19. The Morgan fingerprint density at radius 2 is 1.97 bits per heavy atom. The van der Waals surface area contributed by atoms with Crippen molar-refractivity contribution in [3.8, 4) is 0 Å². The van der Waals surface area contributed by atoms with Gasteiger partial charge in [0.1, 0.15) is 5.01 Å². The van der Waals surface area contributed by atoms with Crippen molar-refractivity contribution in [1.82, 2.24) is 10.2 Å². The minimum atomic E-state index is -0.484. The molecular formula is C22H21N5O4S. The van der Waals surface area contributed by atoms with Gasteiger partial charge in [-0.25, -0.2) is 0 Å². The monoisotopic (exact) mass is 451 g/mol. The normalized spacial score (nSPS) is 15.7. The molecule has 1 aliphatic heterocycles. The van der Waals surface area contributed by atoms with Crippen LogP contribution in [0.25, 0.3) is 0 Å². The Balaban J connectivity index is 1.39. The van der Waals surface area contributed by atoms with Crippen LogP contribution in [-0.2, 0) is 22.4 Å². The van der Waals surface area contributed by atoms with E-state index in [1.807, 2.05) is 24.3 Å². The van der Waals surface area contributed by atoms with Gasteiger partial charge in [0.15, 0.2) is 0 Å². The van der Waals surface area contributed by atoms with Crippen LogP contribution >= 0.6 is 11.3 Å². The highest BCUT2D eigenvalue weighted by Crippen LogP contribution is 2.35. The van der Waals surface area contributed by atoms with Crippen molar-refractivity contribution in [2.24, 2.45) is 0 Å². The number of amides is 2. The van der Waals surface area contributed by atoms with Crippen LogP contribution in [-0.4, -0.2) is 33.5 Å². The second-order valence-electron chi connectivity index (χ2n) is 7.48. The second kappa shape index (κ2) is 9.23. The van der Waals surface area contributed by atoms with Crippen molar-refractivity contribution in [3.63, 3.8) is 0 Å². The van der Waals surface area contributed by atoms with E-state index in [-0.39, 0.29) is 29.8 Å². The number of carbonyl (C=O) groups is 2. The molecule has 0 bridgehead atoms. The van der Waals surface area contributed by atoms with Gasteiger partial charge in [-0.05, 0) is 23.6 Å². The van der Waals surface area contributed by atoms with Gasteiger partial charge in [0.05, 0.1) is 11.3 Å². The van der Waals surface area contributed by atoms with Crippen molar-refractivity contribution in [2.45, 2.75) is 32.1 Å². The Hall–Kier alpha value is -3.66. The summed E-state index contributed by atoms with van der Waals surface area (Å²) in [5.74, 6) is -0.317. The Kier molecular flexibility index (Phi) is 6.22. The Bertz CT molecular complexity index is 1160. The van der Waals surface area contributed by atoms with E-state index < -0.39 is 4.92 Å². The number of carbonyl (C=O) groups excluding carboxylic acids is 2. The minimum absolute atomic E-state index is 0.0235. The first kappa shape index (κ1) is 21.6. The number of hydrogen-bond acceptors (Lipinski definition) is 7. The third-order valence-electron chi connectivity index (χ3n) is 5.34. The molecule has 9 nitrogen and oxygen atoms in total. The van der Waals surface area contributed by atoms with E-state index >= 15 is 0 Å². The number of anilines is 2. The number of benzene rings is 2. The molecule has 4 rings (SSSR count). The topological polar surface area (TPSA) is 118 Å². The highest BCUT2D eigenvalue weighted by molar-refractivity contribution is 7.15. The number of aryl methyl sites for hydroxylation is 1. The van der Waals surface area contributed by atoms with Crippen LogP contribution in [0.5, 0.6) is 0 Å². The van der Waals surface area contributed by atoms with Gasteiger partial charge in [-0.2, -0.15) is 0 Å². The van der Waals surface area contributed by atoms with Gasteiger partial charge < -0.3 is 10.2 Å². The van der Waals surface area contributed by atoms with Crippen molar-refractivity contribution in [1.29, 1.82) is 0 Å². The zero-order chi connectivity index (χ0) is 22.7. The summed E-state index contributed by atoms with van der Waals surface area (Å²) in [6.07, 6.45) is 1.26. The summed E-state index contributed by atoms with van der Waals surface area (Å²) in [7, 11) is 0. The lowest BCUT2D eigenvalue weighted by atomic mass is 10.1. The van der Waals surface area contributed by atoms with Gasteiger partial charge in [-0.15, -0.1) is 10.2 Å². The molecule has 0 radical (unpaired) electrons. The molecule has 1 N–H and O–H groups in total. The molecule has 0 saturated carbocycles. The van der Waals surface area contributed by atoms with Gasteiger partial charge in [-0.3, -0.25) is 19.7 Å². The predicted octanol–water partition coefficient (Wildman–Crippen LogP) is 3.71. The summed E-state index contributed by atoms with van der Waals surface area (Å²) in [6, 6.07) is 13.7. The Morgan fingerprint density at radius 1 is 1.22 bits per heavy atom. The van der Waals surface area contributed by atoms with Crippen molar-refractivity contribution < 1.29 is 14.5 Å². The number of non-ortho nitro benzene ring substituents is 1. The number of para-hydroxylation sites is 1. The molecule has 164 valence electrons. The van der Waals surface area contributed by atoms with E-state index in [0.29, 0.717) is 28.7 Å². The molecule has 0 spiro atoms. The molecule has 3 aromatic rings. The first-order chi connectivity index (χ1) is 15.4. The van der Waals surface area contributed by atoms with Gasteiger partial charge >= 0.3 is 0 Å². The molecule has 1 saturated heterocycles. The molecule has 1 atom stereocenters. The molecule has 1 aromatic heterocycles. The zero-order valence-electron chi connectivity index (χ0n) is 17.4. The zero-order valence-corrected chi connectivity index (χ0v) is 18.2. The summed E-state index contributed by atoms with van der Waals surface area (Å²) in [5, 5.41) is 22.8. The number of nitro benzene ring substituents is 1. The van der Waals surface area contributed by atoms with Crippen LogP contribution in [0.1, 0.15) is 35.4 Å². The van der Waals surface area contributed by atoms with Gasteiger partial charge in [-0.1, -0.05) is 48.6 Å². The number of hydrogen-bond donors (Lipinski definition) is 1. The fourth-order valence-corrected chi connectivity index (χ4v) is 4.56. The lowest BCUT2D eigenvalue weighted by molar-refractivity contribution is -0.384. The highest BCUT2D eigenvalue weighted by atomic mass is 32.1. The van der Waals surface area contributed by atoms with E-state index in [0.717, 1.165) is 17.7 Å². The standard InChI is InChI=1S/C22H21N5O4S/c1-2-15-5-3-4-6-18(15)26-13-16(12-20(26)29)21-24-25-22(32-21)23-19(28)11-14-7-9-17(10-8-14)27(30)31/h3-10,16H,2,11-13H2,1H3,(H,23,25,28). The number of nitrogens with one attached hydrogen (secondary N) is 1. The van der Waals surface area contributed by atoms with Gasteiger partial charge in [0, 0.05) is 36.7 Å². The van der Waals surface area contributed by atoms with Crippen LogP contribution in [0.2, 0.25) is 0 Å². The van der Waals surface area contributed by atoms with Crippen molar-refractivity contribution in [3.05, 3.63) is 74.8 Å². The van der Waals surface area contributed by atoms with Crippen LogP contribution in [0.3, 0.4) is 0 Å². The van der Waals surface area contributed by atoms with Crippen LogP contribution in [0.4, 0.5) is 16.5 Å². The molecule has 2 heterocycles. The van der Waals surface area contributed by atoms with Crippen LogP contribution in [0, 0.1) is 10.1 Å². The number of aromatic nitrogens is 2. The van der Waals surface area contributed by atoms with E-state index in [9.17, 15) is 19.7 Å². The molecular weight excluding hydrogens is 430 g/mol. The molecule has 1 aliphatic rings. The number of rotatable bonds is 7. The van der Waals surface area contributed by atoms with Crippen molar-refractivity contribution >= 4 is 39.7 Å². The summed E-state index contributed by atoms with van der Waals surface area (Å²) in [6.45, 7) is 2.59. The Morgan fingerprint density at radius 3 is 2.69 bits per heavy atom. The summed E-state index contributed by atoms with van der Waals surface area (Å²) in [4.78, 5) is 37.0. The molecule has 10 heteroatoms. The maximum Gasteiger partial charge on any atom is 0.269 e.